The Bertz CT molecular complexity index is 2530. The van der Waals surface area contributed by atoms with Gasteiger partial charge in [0.1, 0.15) is 47.3 Å². The molecule has 1 fully saturated rings. The number of phenols is 1. The summed E-state index contributed by atoms with van der Waals surface area (Å²) in [5.41, 5.74) is 10.3. The Hall–Kier alpha value is -5.97. The third-order valence-corrected chi connectivity index (χ3v) is 9.76. The maximum absolute atomic E-state index is 14.9. The van der Waals surface area contributed by atoms with Crippen LogP contribution >= 0.6 is 0 Å². The lowest BCUT2D eigenvalue weighted by Gasteiger charge is -2.24. The fourth-order valence-corrected chi connectivity index (χ4v) is 7.44. The molecular weight excluding hydrogens is 618 g/mol. The van der Waals surface area contributed by atoms with Crippen LogP contribution in [-0.2, 0) is 18.5 Å². The summed E-state index contributed by atoms with van der Waals surface area (Å²) in [6, 6.07) is 23.0. The molecule has 9 rings (SSSR count). The predicted octanol–water partition coefficient (Wildman–Crippen LogP) is 6.36. The monoisotopic (exact) mass is 651 g/mol. The molecule has 1 aliphatic carbocycles. The van der Waals surface area contributed by atoms with Gasteiger partial charge >= 0.3 is 0 Å². The minimum Gasteiger partial charge on any atom is -0.504 e. The average molecular weight is 652 g/mol. The van der Waals surface area contributed by atoms with Gasteiger partial charge in [0.25, 0.3) is 5.56 Å². The van der Waals surface area contributed by atoms with Crippen molar-refractivity contribution in [2.24, 2.45) is 0 Å². The van der Waals surface area contributed by atoms with Crippen LogP contribution in [-0.4, -0.2) is 40.0 Å². The molecule has 244 valence electrons. The van der Waals surface area contributed by atoms with E-state index in [0.717, 1.165) is 35.3 Å². The summed E-state index contributed by atoms with van der Waals surface area (Å²) in [7, 11) is 0. The molecule has 0 radical (unpaired) electrons. The van der Waals surface area contributed by atoms with Gasteiger partial charge in [-0.2, -0.15) is 5.10 Å². The van der Waals surface area contributed by atoms with E-state index in [2.05, 4.69) is 22.1 Å². The lowest BCUT2D eigenvalue weighted by molar-refractivity contribution is 0.134. The Morgan fingerprint density at radius 1 is 0.939 bits per heavy atom. The molecule has 0 bridgehead atoms. The Kier molecular flexibility index (Phi) is 6.11. The number of anilines is 1. The van der Waals surface area contributed by atoms with Gasteiger partial charge in [-0.15, -0.1) is 0 Å². The van der Waals surface area contributed by atoms with Crippen molar-refractivity contribution < 1.29 is 14.3 Å². The average Bonchev–Trinajstić information content (AvgIpc) is 3.43. The van der Waals surface area contributed by atoms with Gasteiger partial charge in [0, 0.05) is 23.1 Å². The molecule has 7 aromatic rings. The molecule has 49 heavy (non-hydrogen) atoms. The van der Waals surface area contributed by atoms with E-state index in [1.807, 2.05) is 79.9 Å². The number of nitrogen functional groups attached to an aromatic ring is 1. The first-order valence-electron chi connectivity index (χ1n) is 16.3. The number of rotatable bonds is 6. The minimum absolute atomic E-state index is 0.0707. The highest BCUT2D eigenvalue weighted by Crippen LogP contribution is 2.50. The first-order chi connectivity index (χ1) is 23.6. The van der Waals surface area contributed by atoms with E-state index in [1.165, 1.54) is 6.33 Å². The quantitative estimate of drug-likeness (QED) is 0.210. The zero-order valence-corrected chi connectivity index (χ0v) is 27.3. The Morgan fingerprint density at radius 2 is 1.76 bits per heavy atom. The molecule has 0 atom stereocenters. The smallest absolute Gasteiger partial charge is 0.262 e. The molecule has 4 aromatic heterocycles. The number of ether oxygens (including phenoxy) is 1. The fourth-order valence-electron chi connectivity index (χ4n) is 7.44. The number of hydrogen-bond donors (Lipinski definition) is 2. The molecule has 0 unspecified atom stereocenters. The van der Waals surface area contributed by atoms with Crippen molar-refractivity contribution in [1.29, 1.82) is 0 Å². The Balaban J connectivity index is 1.28. The van der Waals surface area contributed by atoms with Gasteiger partial charge in [-0.3, -0.25) is 9.36 Å². The second kappa shape index (κ2) is 10.3. The van der Waals surface area contributed by atoms with Crippen LogP contribution in [0.1, 0.15) is 49.4 Å². The van der Waals surface area contributed by atoms with Gasteiger partial charge in [-0.1, -0.05) is 42.5 Å². The molecule has 1 saturated carbocycles. The summed E-state index contributed by atoms with van der Waals surface area (Å²) < 4.78 is 15.7. The number of aromatic hydroxyl groups is 1. The van der Waals surface area contributed by atoms with Gasteiger partial charge in [0.15, 0.2) is 17.1 Å². The van der Waals surface area contributed by atoms with Crippen molar-refractivity contribution in [3.8, 4) is 34.1 Å². The summed E-state index contributed by atoms with van der Waals surface area (Å²) in [6.07, 6.45) is 3.55. The fraction of sp³-hybridized carbons (Fsp3) is 0.237. The molecule has 3 N–H and O–H groups in total. The largest absolute Gasteiger partial charge is 0.504 e. The van der Waals surface area contributed by atoms with Crippen LogP contribution in [0, 0.1) is 6.92 Å². The molecule has 11 nitrogen and oxygen atoms in total. The highest BCUT2D eigenvalue weighted by Gasteiger charge is 2.49. The minimum atomic E-state index is -0.568. The number of phenolic OH excluding ortho intramolecular Hbond substituents is 1. The lowest BCUT2D eigenvalue weighted by Crippen LogP contribution is -2.36. The lowest BCUT2D eigenvalue weighted by atomic mass is 9.95. The van der Waals surface area contributed by atoms with Crippen molar-refractivity contribution in [1.82, 2.24) is 29.3 Å². The maximum Gasteiger partial charge on any atom is 0.262 e. The van der Waals surface area contributed by atoms with E-state index in [9.17, 15) is 9.90 Å². The SMILES string of the molecule is Cc1ccc(-c2cccc3nc(Cn4nc(-c5ccc(O)c6c5CC(C)(C)O6)c5c(N)ncnc54)n(C4(c5ccccc5)CC4)c(=O)c23)o1. The van der Waals surface area contributed by atoms with Crippen LogP contribution < -0.4 is 16.0 Å². The van der Waals surface area contributed by atoms with Crippen LogP contribution in [0.5, 0.6) is 11.5 Å². The molecule has 3 aromatic carbocycles. The van der Waals surface area contributed by atoms with Crippen LogP contribution in [0.25, 0.3) is 44.5 Å². The van der Waals surface area contributed by atoms with Crippen molar-refractivity contribution in [2.75, 3.05) is 5.73 Å². The van der Waals surface area contributed by atoms with Gasteiger partial charge in [-0.25, -0.2) is 19.6 Å². The van der Waals surface area contributed by atoms with E-state index in [4.69, 9.17) is 25.0 Å². The highest BCUT2D eigenvalue weighted by atomic mass is 16.5. The number of fused-ring (bicyclic) bond motifs is 3. The van der Waals surface area contributed by atoms with E-state index in [1.54, 1.807) is 10.7 Å². The van der Waals surface area contributed by atoms with Crippen LogP contribution in [0.2, 0.25) is 0 Å². The van der Waals surface area contributed by atoms with E-state index in [-0.39, 0.29) is 23.7 Å². The van der Waals surface area contributed by atoms with Gasteiger partial charge in [0.05, 0.1) is 21.8 Å². The first-order valence-corrected chi connectivity index (χ1v) is 16.3. The second-order valence-corrected chi connectivity index (χ2v) is 13.6. The van der Waals surface area contributed by atoms with Gasteiger partial charge < -0.3 is 20.0 Å². The number of furan rings is 1. The van der Waals surface area contributed by atoms with Crippen LogP contribution in [0.4, 0.5) is 5.82 Å². The van der Waals surface area contributed by atoms with Crippen molar-refractivity contribution in [3.63, 3.8) is 0 Å². The molecular formula is C38H33N7O4. The van der Waals surface area contributed by atoms with Crippen molar-refractivity contribution in [3.05, 3.63) is 112 Å². The standard InChI is InChI=1S/C38H33N7O4/c1-21-12-15-28(48-21)24-10-7-11-26-30(24)36(47)45(38(16-17-38)22-8-5-4-6-9-22)29(42-26)19-44-35-31(34(39)40-20-41-35)32(43-44)23-13-14-27(46)33-25(23)18-37(2,3)49-33/h4-15,20,46H,16-19H2,1-3H3,(H2,39,40,41). The number of nitrogens with two attached hydrogens (primary N) is 1. The molecule has 0 spiro atoms. The molecule has 2 aliphatic rings. The second-order valence-electron chi connectivity index (χ2n) is 13.6. The van der Waals surface area contributed by atoms with Gasteiger partial charge in [0.2, 0.25) is 0 Å². The van der Waals surface area contributed by atoms with E-state index in [0.29, 0.717) is 56.9 Å². The third-order valence-electron chi connectivity index (χ3n) is 9.76. The highest BCUT2D eigenvalue weighted by molar-refractivity contribution is 5.99. The van der Waals surface area contributed by atoms with Crippen molar-refractivity contribution >= 4 is 27.8 Å². The molecule has 1 aliphatic heterocycles. The summed E-state index contributed by atoms with van der Waals surface area (Å²) >= 11 is 0. The summed E-state index contributed by atoms with van der Waals surface area (Å²) in [6.45, 7) is 5.98. The summed E-state index contributed by atoms with van der Waals surface area (Å²) in [5.74, 6) is 2.70. The normalized spacial score (nSPS) is 15.8. The topological polar surface area (TPSA) is 147 Å². The van der Waals surface area contributed by atoms with Gasteiger partial charge in [-0.05, 0) is 69.5 Å². The zero-order chi connectivity index (χ0) is 33.7. The molecule has 0 amide bonds. The summed E-state index contributed by atoms with van der Waals surface area (Å²) in [5, 5.41) is 16.8. The van der Waals surface area contributed by atoms with Crippen molar-refractivity contribution in [2.45, 2.75) is 57.7 Å². The molecule has 0 saturated heterocycles. The zero-order valence-electron chi connectivity index (χ0n) is 27.3. The van der Waals surface area contributed by atoms with E-state index < -0.39 is 11.1 Å². The third kappa shape index (κ3) is 4.45. The van der Waals surface area contributed by atoms with Crippen LogP contribution in [0.3, 0.4) is 0 Å². The number of aromatic nitrogens is 6. The molecule has 5 heterocycles. The molecule has 11 heteroatoms. The number of hydrogen-bond acceptors (Lipinski definition) is 9. The number of benzene rings is 3. The Labute approximate surface area is 280 Å². The predicted molar refractivity (Wildman–Crippen MR) is 186 cm³/mol. The Morgan fingerprint density at radius 3 is 2.51 bits per heavy atom. The maximum atomic E-state index is 14.9. The van der Waals surface area contributed by atoms with E-state index >= 15 is 0 Å². The number of nitrogens with zero attached hydrogens (tertiary/aromatic N) is 6. The number of aryl methyl sites for hydroxylation is 1. The first kappa shape index (κ1) is 29.2. The summed E-state index contributed by atoms with van der Waals surface area (Å²) in [4.78, 5) is 29.1. The van der Waals surface area contributed by atoms with Crippen LogP contribution in [0.15, 0.2) is 88.3 Å².